The van der Waals surface area contributed by atoms with E-state index in [0.29, 0.717) is 51.1 Å². The van der Waals surface area contributed by atoms with Gasteiger partial charge < -0.3 is 30.1 Å². The molecule has 1 aliphatic carbocycles. The molecule has 12 heteroatoms. The first-order chi connectivity index (χ1) is 16.2. The van der Waals surface area contributed by atoms with Gasteiger partial charge in [0.05, 0.1) is 5.56 Å². The van der Waals surface area contributed by atoms with Crippen molar-refractivity contribution in [2.45, 2.75) is 31.7 Å². The predicted octanol–water partition coefficient (Wildman–Crippen LogP) is 2.47. The zero-order chi connectivity index (χ0) is 24.5. The second kappa shape index (κ2) is 9.29. The van der Waals surface area contributed by atoms with Crippen LogP contribution in [0.5, 0.6) is 0 Å². The van der Waals surface area contributed by atoms with Crippen LogP contribution >= 0.6 is 0 Å². The molecule has 0 radical (unpaired) electrons. The molecule has 11 nitrogen and oxygen atoms in total. The Kier molecular flexibility index (Phi) is 6.42. The van der Waals surface area contributed by atoms with Gasteiger partial charge in [0.1, 0.15) is 6.04 Å². The second-order valence-electron chi connectivity index (χ2n) is 8.51. The molecule has 2 fully saturated rings. The maximum absolute atomic E-state index is 16.1. The summed E-state index contributed by atoms with van der Waals surface area (Å²) in [6.07, 6.45) is 0.811. The Bertz CT molecular complexity index is 1050. The van der Waals surface area contributed by atoms with Crippen molar-refractivity contribution in [3.05, 3.63) is 35.7 Å². The molecule has 1 aromatic carbocycles. The summed E-state index contributed by atoms with van der Waals surface area (Å²) >= 11 is 0. The van der Waals surface area contributed by atoms with Gasteiger partial charge in [-0.15, -0.1) is 0 Å². The fourth-order valence-corrected chi connectivity index (χ4v) is 4.26. The minimum atomic E-state index is -1.68. The Morgan fingerprint density at radius 1 is 1.15 bits per heavy atom. The smallest absolute Gasteiger partial charge is 0.481 e. The number of benzene rings is 1. The third-order valence-corrected chi connectivity index (χ3v) is 6.18. The number of hydrogen-bond acceptors (Lipinski definition) is 6. The number of fused-ring (bicyclic) bond motifs is 1. The lowest BCUT2D eigenvalue weighted by atomic mass is 10.0. The third-order valence-electron chi connectivity index (χ3n) is 6.18. The van der Waals surface area contributed by atoms with E-state index in [2.05, 4.69) is 10.1 Å². The number of aliphatic carboxylic acids is 1. The van der Waals surface area contributed by atoms with Gasteiger partial charge in [0.15, 0.2) is 11.9 Å². The number of allylic oxidation sites excluding steroid dienone is 1. The van der Waals surface area contributed by atoms with Crippen molar-refractivity contribution < 1.29 is 38.6 Å². The topological polar surface area (TPSA) is 136 Å². The van der Waals surface area contributed by atoms with Gasteiger partial charge in [-0.2, -0.15) is 0 Å². The highest BCUT2D eigenvalue weighted by molar-refractivity contribution is 6.13. The van der Waals surface area contributed by atoms with Gasteiger partial charge >= 0.3 is 18.2 Å². The number of ether oxygens (including phenoxy) is 1. The highest BCUT2D eigenvalue weighted by Gasteiger charge is 2.54. The number of nitrogens with one attached hydrogen (secondary N) is 1. The van der Waals surface area contributed by atoms with Crippen molar-refractivity contribution >= 4 is 35.3 Å². The van der Waals surface area contributed by atoms with E-state index in [0.717, 1.165) is 6.20 Å². The van der Waals surface area contributed by atoms with Gasteiger partial charge in [-0.05, 0) is 18.6 Å². The average molecular weight is 477 g/mol. The van der Waals surface area contributed by atoms with Crippen LogP contribution in [-0.4, -0.2) is 77.8 Å². The van der Waals surface area contributed by atoms with Crippen LogP contribution in [0.1, 0.15) is 36.0 Å². The van der Waals surface area contributed by atoms with Crippen LogP contribution in [0.3, 0.4) is 0 Å². The third kappa shape index (κ3) is 4.81. The average Bonchev–Trinajstić information content (AvgIpc) is 3.65. The number of carbonyl (C=O) groups is 4. The molecule has 0 spiro atoms. The van der Waals surface area contributed by atoms with Crippen molar-refractivity contribution in [3.8, 4) is 0 Å². The summed E-state index contributed by atoms with van der Waals surface area (Å²) in [5.74, 6) is -2.13. The van der Waals surface area contributed by atoms with Gasteiger partial charge in [0.25, 0.3) is 0 Å². The number of quaternary nitrogens is 1. The number of hydrogen-bond donors (Lipinski definition) is 3. The van der Waals surface area contributed by atoms with Crippen molar-refractivity contribution in [3.63, 3.8) is 0 Å². The largest absolute Gasteiger partial charge is 0.511 e. The number of Topliss-reactive ketones (excluding diaryl/α,β-unsaturated/α-hetero) is 1. The summed E-state index contributed by atoms with van der Waals surface area (Å²) in [4.78, 5) is 50.1. The Hall–Kier alpha value is -3.67. The number of anilines is 1. The molecule has 3 N–H and O–H groups in total. The number of nitrogens with zero attached hydrogens (tertiary/aromatic N) is 3. The quantitative estimate of drug-likeness (QED) is 0.310. The van der Waals surface area contributed by atoms with Crippen LogP contribution < -0.4 is 14.9 Å². The molecule has 1 saturated carbocycles. The number of piperazine rings is 1. The van der Waals surface area contributed by atoms with Crippen molar-refractivity contribution in [1.82, 2.24) is 14.9 Å². The van der Waals surface area contributed by atoms with Crippen LogP contribution in [0.25, 0.3) is 0 Å². The SMILES string of the molecule is O=C(O)CCCNC(=O)N1CCN(c2ccc3c(c2)[N+](F)(C2CC2)C=C(OC(=O)O)C3=O)CC1. The van der Waals surface area contributed by atoms with E-state index < -0.39 is 34.4 Å². The summed E-state index contributed by atoms with van der Waals surface area (Å²) < 4.78 is 19.4. The molecule has 1 saturated heterocycles. The van der Waals surface area contributed by atoms with Crippen molar-refractivity contribution in [2.24, 2.45) is 0 Å². The first-order valence-corrected chi connectivity index (χ1v) is 11.1. The van der Waals surface area contributed by atoms with Gasteiger partial charge in [0, 0.05) is 68.2 Å². The number of carboxylic acid groups (broad SMARTS) is 2. The molecule has 2 amide bonds. The van der Waals surface area contributed by atoms with Crippen LogP contribution in [0, 0.1) is 0 Å². The standard InChI is InChI=1S/C22H25FN4O7/c23-27(15-4-5-15)13-18(34-22(32)33)20(30)16-6-3-14(12-17(16)27)25-8-10-26(11-9-25)21(31)24-7-1-2-19(28)29/h3,6,12-13,15H,1-2,4-5,7-11H2,(H2-,24,28,29,31,32,33)/p+1. The molecule has 2 aliphatic heterocycles. The van der Waals surface area contributed by atoms with Crippen LogP contribution in [0.4, 0.5) is 25.4 Å². The fourth-order valence-electron chi connectivity index (χ4n) is 4.26. The van der Waals surface area contributed by atoms with Crippen molar-refractivity contribution in [2.75, 3.05) is 37.6 Å². The molecule has 182 valence electrons. The summed E-state index contributed by atoms with van der Waals surface area (Å²) in [7, 11) is 0. The molecule has 4 rings (SSSR count). The minimum Gasteiger partial charge on any atom is -0.481 e. The van der Waals surface area contributed by atoms with Crippen LogP contribution in [-0.2, 0) is 9.53 Å². The molecule has 1 unspecified atom stereocenters. The molecule has 3 aliphatic rings. The van der Waals surface area contributed by atoms with Gasteiger partial charge in [0.2, 0.25) is 11.5 Å². The van der Waals surface area contributed by atoms with E-state index in [1.165, 1.54) is 6.07 Å². The predicted molar refractivity (Wildman–Crippen MR) is 118 cm³/mol. The molecule has 2 heterocycles. The maximum atomic E-state index is 16.1. The highest BCUT2D eigenvalue weighted by Crippen LogP contribution is 2.46. The Labute approximate surface area is 194 Å². The number of carboxylic acids is 1. The van der Waals surface area contributed by atoms with Crippen LogP contribution in [0.2, 0.25) is 0 Å². The first kappa shape index (κ1) is 23.5. The lowest BCUT2D eigenvalue weighted by molar-refractivity contribution is -0.137. The lowest BCUT2D eigenvalue weighted by Crippen LogP contribution is -2.52. The lowest BCUT2D eigenvalue weighted by Gasteiger charge is -2.36. The van der Waals surface area contributed by atoms with E-state index in [1.54, 1.807) is 17.0 Å². The number of rotatable bonds is 7. The molecular formula is C22H26FN4O7+. The first-order valence-electron chi connectivity index (χ1n) is 11.1. The van der Waals surface area contributed by atoms with Gasteiger partial charge in [-0.3, -0.25) is 9.59 Å². The molecule has 0 aromatic heterocycles. The summed E-state index contributed by atoms with van der Waals surface area (Å²) in [5, 5.41) is 20.3. The second-order valence-corrected chi connectivity index (χ2v) is 8.51. The number of amides is 2. The Balaban J connectivity index is 1.44. The van der Waals surface area contributed by atoms with E-state index in [-0.39, 0.29) is 30.2 Å². The van der Waals surface area contributed by atoms with Gasteiger partial charge in [-0.25, -0.2) is 9.59 Å². The molecule has 1 atom stereocenters. The van der Waals surface area contributed by atoms with Gasteiger partial charge in [-0.1, -0.05) is 4.71 Å². The maximum Gasteiger partial charge on any atom is 0.511 e. The molecule has 34 heavy (non-hydrogen) atoms. The number of ketones is 1. The Morgan fingerprint density at radius 2 is 1.85 bits per heavy atom. The Morgan fingerprint density at radius 3 is 2.47 bits per heavy atom. The summed E-state index contributed by atoms with van der Waals surface area (Å²) in [6, 6.07) is 4.11. The zero-order valence-corrected chi connectivity index (χ0v) is 18.4. The zero-order valence-electron chi connectivity index (χ0n) is 18.4. The normalized spacial score (nSPS) is 22.0. The number of carbonyl (C=O) groups excluding carboxylic acids is 2. The van der Waals surface area contributed by atoms with Crippen LogP contribution in [0.15, 0.2) is 30.2 Å². The van der Waals surface area contributed by atoms with E-state index in [4.69, 9.17) is 10.2 Å². The minimum absolute atomic E-state index is 0.0105. The van der Waals surface area contributed by atoms with E-state index >= 15 is 4.48 Å². The summed E-state index contributed by atoms with van der Waals surface area (Å²) in [6.45, 7) is 2.12. The van der Waals surface area contributed by atoms with Crippen molar-refractivity contribution in [1.29, 1.82) is 0 Å². The fraction of sp³-hybridized carbons (Fsp3) is 0.455. The number of urea groups is 1. The monoisotopic (exact) mass is 477 g/mol. The van der Waals surface area contributed by atoms with E-state index in [9.17, 15) is 19.2 Å². The molecule has 1 aromatic rings. The molecular weight excluding hydrogens is 451 g/mol. The summed E-state index contributed by atoms with van der Waals surface area (Å²) in [5.41, 5.74) is 0.919. The molecule has 0 bridgehead atoms. The number of halogens is 1. The van der Waals surface area contributed by atoms with E-state index in [1.807, 2.05) is 4.90 Å². The highest BCUT2D eigenvalue weighted by atomic mass is 19.2.